The molecule has 0 bridgehead atoms. The second kappa shape index (κ2) is 51.1. The summed E-state index contributed by atoms with van der Waals surface area (Å²) in [6.45, 7) is 4.31. The van der Waals surface area contributed by atoms with Crippen molar-refractivity contribution in [2.24, 2.45) is 0 Å². The minimum absolute atomic E-state index is 0.0261. The minimum Gasteiger partial charge on any atom is -0.462 e. The summed E-state index contributed by atoms with van der Waals surface area (Å²) in [4.78, 5) is 35.7. The number of phosphoric acid groups is 1. The lowest BCUT2D eigenvalue weighted by molar-refractivity contribution is -0.870. The van der Waals surface area contributed by atoms with E-state index in [0.717, 1.165) is 83.5 Å². The maximum atomic E-state index is 12.8. The van der Waals surface area contributed by atoms with E-state index in [4.69, 9.17) is 18.5 Å². The number of esters is 2. The SMILES string of the molecule is CC/C=C\C/C=C\C/C=C\C/C=C\C/C=C\C/C=C\CCCCCCCCCCC(=O)OC(COC(=O)CCCCCCCCCCC/C=C\CCCCCCCC)COP(=O)(O)OCC[N+](C)(C)C. The fourth-order valence-electron chi connectivity index (χ4n) is 7.54. The van der Waals surface area contributed by atoms with Crippen LogP contribution in [0.3, 0.4) is 0 Å². The van der Waals surface area contributed by atoms with Crippen molar-refractivity contribution in [3.8, 4) is 0 Å². The Morgan fingerprint density at radius 3 is 1.23 bits per heavy atom. The highest BCUT2D eigenvalue weighted by atomic mass is 31.2. The Bertz CT molecular complexity index is 1460. The molecule has 1 N–H and O–H groups in total. The third-order valence-electron chi connectivity index (χ3n) is 11.9. The van der Waals surface area contributed by atoms with Crippen molar-refractivity contribution in [1.29, 1.82) is 0 Å². The Hall–Kier alpha value is -2.81. The molecule has 0 fully saturated rings. The second-order valence-corrected chi connectivity index (χ2v) is 21.4. The Labute approximate surface area is 431 Å². The van der Waals surface area contributed by atoms with Gasteiger partial charge >= 0.3 is 19.8 Å². The molecule has 0 radical (unpaired) electrons. The molecule has 0 saturated heterocycles. The molecular formula is C60H107NO8P+. The molecule has 404 valence electrons. The van der Waals surface area contributed by atoms with E-state index in [1.807, 2.05) is 21.1 Å². The molecule has 2 unspecified atom stereocenters. The first-order valence-corrected chi connectivity index (χ1v) is 29.8. The summed E-state index contributed by atoms with van der Waals surface area (Å²) < 4.78 is 34.5. The zero-order chi connectivity index (χ0) is 51.3. The number of nitrogens with zero attached hydrogens (tertiary/aromatic N) is 1. The van der Waals surface area contributed by atoms with Crippen LogP contribution >= 0.6 is 7.82 Å². The first-order valence-electron chi connectivity index (χ1n) is 28.3. The topological polar surface area (TPSA) is 108 Å². The number of quaternary nitrogens is 1. The lowest BCUT2D eigenvalue weighted by Gasteiger charge is -2.24. The molecule has 0 aliphatic carbocycles. The largest absolute Gasteiger partial charge is 0.472 e. The van der Waals surface area contributed by atoms with Gasteiger partial charge in [0.15, 0.2) is 6.10 Å². The first kappa shape index (κ1) is 67.2. The lowest BCUT2D eigenvalue weighted by Crippen LogP contribution is -2.37. The van der Waals surface area contributed by atoms with E-state index in [0.29, 0.717) is 17.4 Å². The predicted octanol–water partition coefficient (Wildman–Crippen LogP) is 17.5. The molecule has 10 heteroatoms. The molecule has 0 rings (SSSR count). The molecule has 0 spiro atoms. The van der Waals surface area contributed by atoms with Crippen molar-refractivity contribution in [1.82, 2.24) is 0 Å². The van der Waals surface area contributed by atoms with Crippen LogP contribution in [0, 0.1) is 0 Å². The molecule has 0 aromatic rings. The van der Waals surface area contributed by atoms with E-state index in [1.165, 1.54) is 116 Å². The van der Waals surface area contributed by atoms with Crippen molar-refractivity contribution in [3.05, 3.63) is 85.1 Å². The number of carbonyl (C=O) groups excluding carboxylic acids is 2. The van der Waals surface area contributed by atoms with Gasteiger partial charge in [0, 0.05) is 12.8 Å². The molecule has 0 saturated carbocycles. The van der Waals surface area contributed by atoms with Gasteiger partial charge in [-0.3, -0.25) is 18.6 Å². The Balaban J connectivity index is 4.23. The molecular weight excluding hydrogens is 894 g/mol. The van der Waals surface area contributed by atoms with Crippen LogP contribution in [0.5, 0.6) is 0 Å². The summed E-state index contributed by atoms with van der Waals surface area (Å²) in [7, 11) is 1.46. The Morgan fingerprint density at radius 2 is 0.814 bits per heavy atom. The number of carbonyl (C=O) groups is 2. The molecule has 2 atom stereocenters. The van der Waals surface area contributed by atoms with Gasteiger partial charge in [-0.25, -0.2) is 4.57 Å². The number of phosphoric ester groups is 1. The maximum absolute atomic E-state index is 12.8. The van der Waals surface area contributed by atoms with E-state index in [-0.39, 0.29) is 32.0 Å². The zero-order valence-corrected chi connectivity index (χ0v) is 46.6. The third kappa shape index (κ3) is 54.5. The predicted molar refractivity (Wildman–Crippen MR) is 298 cm³/mol. The number of hydrogen-bond acceptors (Lipinski definition) is 7. The molecule has 70 heavy (non-hydrogen) atoms. The number of allylic oxidation sites excluding steroid dienone is 14. The highest BCUT2D eigenvalue weighted by Gasteiger charge is 2.27. The van der Waals surface area contributed by atoms with Gasteiger partial charge in [0.2, 0.25) is 0 Å². The summed E-state index contributed by atoms with van der Waals surface area (Å²) in [5, 5.41) is 0. The smallest absolute Gasteiger partial charge is 0.462 e. The molecule has 9 nitrogen and oxygen atoms in total. The van der Waals surface area contributed by atoms with Crippen LogP contribution in [0.25, 0.3) is 0 Å². The van der Waals surface area contributed by atoms with E-state index in [2.05, 4.69) is 98.9 Å². The molecule has 0 amide bonds. The van der Waals surface area contributed by atoms with Crippen LogP contribution in [0.2, 0.25) is 0 Å². The standard InChI is InChI=1S/C60H106NO8P/c1-6-8-10-12-14-16-18-20-22-24-26-27-28-29-30-31-32-33-35-37-39-41-43-45-47-49-51-53-60(63)69-58(57-68-70(64,65)67-55-54-61(3,4)5)56-66-59(62)52-50-48-46-44-42-40-38-36-34-25-23-21-19-17-15-13-11-9-7-2/h8,10,14,16,20-23,26-27,29-30,32-33,58H,6-7,9,11-13,15,17-19,24-25,28,31,34-57H2,1-5H3/p+1/b10-8-,16-14-,22-20-,23-21-,27-26-,30-29-,33-32-. The summed E-state index contributed by atoms with van der Waals surface area (Å²) >= 11 is 0. The van der Waals surface area contributed by atoms with Gasteiger partial charge < -0.3 is 18.9 Å². The van der Waals surface area contributed by atoms with E-state index in [1.54, 1.807) is 0 Å². The Morgan fingerprint density at radius 1 is 0.457 bits per heavy atom. The molecule has 0 aromatic heterocycles. The van der Waals surface area contributed by atoms with Crippen LogP contribution in [0.15, 0.2) is 85.1 Å². The first-order chi connectivity index (χ1) is 34.0. The molecule has 0 aromatic carbocycles. The summed E-state index contributed by atoms with van der Waals surface area (Å²) in [5.41, 5.74) is 0. The van der Waals surface area contributed by atoms with Crippen molar-refractivity contribution < 1.29 is 42.1 Å². The molecule has 0 aliphatic rings. The van der Waals surface area contributed by atoms with Gasteiger partial charge in [-0.2, -0.15) is 0 Å². The minimum atomic E-state index is -4.39. The second-order valence-electron chi connectivity index (χ2n) is 19.9. The van der Waals surface area contributed by atoms with Gasteiger partial charge in [0.25, 0.3) is 0 Å². The number of unbranched alkanes of at least 4 members (excludes halogenated alkanes) is 23. The van der Waals surface area contributed by atoms with Crippen molar-refractivity contribution in [2.45, 2.75) is 238 Å². The van der Waals surface area contributed by atoms with Crippen LogP contribution in [-0.2, 0) is 32.7 Å². The Kier molecular flexibility index (Phi) is 49.1. The highest BCUT2D eigenvalue weighted by molar-refractivity contribution is 7.47. The van der Waals surface area contributed by atoms with E-state index >= 15 is 0 Å². The van der Waals surface area contributed by atoms with E-state index in [9.17, 15) is 19.0 Å². The van der Waals surface area contributed by atoms with Gasteiger partial charge in [-0.1, -0.05) is 214 Å². The van der Waals surface area contributed by atoms with Crippen molar-refractivity contribution >= 4 is 19.8 Å². The van der Waals surface area contributed by atoms with Gasteiger partial charge in [0.1, 0.15) is 19.8 Å². The summed E-state index contributed by atoms with van der Waals surface area (Å²) in [6.07, 6.45) is 67.8. The average molecular weight is 1000 g/mol. The number of rotatable bonds is 51. The zero-order valence-electron chi connectivity index (χ0n) is 45.7. The van der Waals surface area contributed by atoms with Crippen LogP contribution in [-0.4, -0.2) is 74.9 Å². The fourth-order valence-corrected chi connectivity index (χ4v) is 8.28. The molecule has 0 heterocycles. The lowest BCUT2D eigenvalue weighted by atomic mass is 10.1. The number of likely N-dealkylation sites (N-methyl/N-ethyl adjacent to an activating group) is 1. The van der Waals surface area contributed by atoms with Gasteiger partial charge in [0.05, 0.1) is 27.7 Å². The monoisotopic (exact) mass is 1000 g/mol. The third-order valence-corrected chi connectivity index (χ3v) is 12.9. The normalized spacial score (nSPS) is 14.0. The highest BCUT2D eigenvalue weighted by Crippen LogP contribution is 2.43. The van der Waals surface area contributed by atoms with Crippen LogP contribution < -0.4 is 0 Å². The van der Waals surface area contributed by atoms with Crippen molar-refractivity contribution in [3.63, 3.8) is 0 Å². The van der Waals surface area contributed by atoms with Gasteiger partial charge in [-0.05, 0) is 89.9 Å². The number of hydrogen-bond donors (Lipinski definition) is 1. The van der Waals surface area contributed by atoms with Gasteiger partial charge in [-0.15, -0.1) is 0 Å². The number of ether oxygens (including phenoxy) is 2. The summed E-state index contributed by atoms with van der Waals surface area (Å²) in [6, 6.07) is 0. The quantitative estimate of drug-likeness (QED) is 0.0211. The van der Waals surface area contributed by atoms with Crippen LogP contribution in [0.4, 0.5) is 0 Å². The molecule has 0 aliphatic heterocycles. The van der Waals surface area contributed by atoms with Crippen molar-refractivity contribution in [2.75, 3.05) is 47.5 Å². The maximum Gasteiger partial charge on any atom is 0.472 e. The van der Waals surface area contributed by atoms with Crippen LogP contribution in [0.1, 0.15) is 232 Å². The average Bonchev–Trinajstić information content (AvgIpc) is 3.32. The fraction of sp³-hybridized carbons (Fsp3) is 0.733. The van der Waals surface area contributed by atoms with E-state index < -0.39 is 26.5 Å². The summed E-state index contributed by atoms with van der Waals surface area (Å²) in [5.74, 6) is -0.810.